The third-order valence-electron chi connectivity index (χ3n) is 3.57. The van der Waals surface area contributed by atoms with E-state index in [-0.39, 0.29) is 30.6 Å². The molecule has 0 saturated carbocycles. The van der Waals surface area contributed by atoms with Crippen molar-refractivity contribution in [2.75, 3.05) is 17.7 Å². The van der Waals surface area contributed by atoms with E-state index in [4.69, 9.17) is 0 Å². The van der Waals surface area contributed by atoms with Crippen LogP contribution in [0.4, 0.5) is 10.3 Å². The number of carbonyl (C=O) groups is 3. The highest BCUT2D eigenvalue weighted by atomic mass is 32.1. The summed E-state index contributed by atoms with van der Waals surface area (Å²) in [6, 6.07) is 8.82. The van der Waals surface area contributed by atoms with Gasteiger partial charge in [0.25, 0.3) is 5.91 Å². The first-order valence-electron chi connectivity index (χ1n) is 8.29. The van der Waals surface area contributed by atoms with E-state index in [0.717, 1.165) is 0 Å². The Labute approximate surface area is 169 Å². The monoisotopic (exact) mass is 415 g/mol. The Hall–Kier alpha value is -3.11. The molecular formula is C18H17N5O3S2. The lowest BCUT2D eigenvalue weighted by Crippen LogP contribution is -2.20. The van der Waals surface area contributed by atoms with Gasteiger partial charge in [-0.3, -0.25) is 19.7 Å². The number of nitrogens with one attached hydrogen (secondary N) is 3. The first-order chi connectivity index (χ1) is 13.5. The van der Waals surface area contributed by atoms with Crippen LogP contribution in [0.3, 0.4) is 0 Å². The highest BCUT2D eigenvalue weighted by molar-refractivity contribution is 7.14. The summed E-state index contributed by atoms with van der Waals surface area (Å²) in [7, 11) is 1.56. The molecule has 0 atom stereocenters. The summed E-state index contributed by atoms with van der Waals surface area (Å²) in [6.45, 7) is 0. The zero-order chi connectivity index (χ0) is 19.9. The predicted octanol–water partition coefficient (Wildman–Crippen LogP) is 2.32. The van der Waals surface area contributed by atoms with Gasteiger partial charge in [-0.25, -0.2) is 9.97 Å². The Bertz CT molecular complexity index is 984. The molecule has 1 aromatic carbocycles. The van der Waals surface area contributed by atoms with Crippen LogP contribution >= 0.6 is 22.7 Å². The Morgan fingerprint density at radius 3 is 2.04 bits per heavy atom. The van der Waals surface area contributed by atoms with Gasteiger partial charge in [0.1, 0.15) is 0 Å². The molecule has 3 amide bonds. The number of anilines is 2. The number of likely N-dealkylation sites (N-methyl/N-ethyl adjacent to an activating group) is 1. The highest BCUT2D eigenvalue weighted by Gasteiger charge is 2.13. The molecular weight excluding hydrogens is 398 g/mol. The zero-order valence-electron chi connectivity index (χ0n) is 14.9. The van der Waals surface area contributed by atoms with Gasteiger partial charge in [0.15, 0.2) is 10.3 Å². The summed E-state index contributed by atoms with van der Waals surface area (Å²) in [5, 5.41) is 12.2. The van der Waals surface area contributed by atoms with Gasteiger partial charge in [-0.2, -0.15) is 0 Å². The Morgan fingerprint density at radius 1 is 0.857 bits per heavy atom. The molecule has 0 aliphatic heterocycles. The number of thiazole rings is 2. The van der Waals surface area contributed by atoms with E-state index in [9.17, 15) is 14.4 Å². The van der Waals surface area contributed by atoms with E-state index >= 15 is 0 Å². The molecule has 2 heterocycles. The van der Waals surface area contributed by atoms with Crippen molar-refractivity contribution in [1.29, 1.82) is 0 Å². The number of hydrogen-bond acceptors (Lipinski definition) is 7. The maximum Gasteiger partial charge on any atom is 0.257 e. The minimum Gasteiger partial charge on any atom is -0.359 e. The minimum absolute atomic E-state index is 0.0576. The van der Waals surface area contributed by atoms with Gasteiger partial charge in [-0.1, -0.05) is 18.2 Å². The van der Waals surface area contributed by atoms with E-state index in [1.165, 1.54) is 22.7 Å². The summed E-state index contributed by atoms with van der Waals surface area (Å²) < 4.78 is 0. The Balaban J connectivity index is 1.52. The van der Waals surface area contributed by atoms with Gasteiger partial charge in [-0.05, 0) is 12.1 Å². The largest absolute Gasteiger partial charge is 0.359 e. The fraction of sp³-hybridized carbons (Fsp3) is 0.167. The third-order valence-corrected chi connectivity index (χ3v) is 5.18. The maximum atomic E-state index is 12.2. The van der Waals surface area contributed by atoms with Crippen LogP contribution in [0.1, 0.15) is 21.7 Å². The summed E-state index contributed by atoms with van der Waals surface area (Å²) >= 11 is 2.51. The molecule has 0 saturated heterocycles. The van der Waals surface area contributed by atoms with Crippen LogP contribution in [0.15, 0.2) is 41.1 Å². The van der Waals surface area contributed by atoms with E-state index in [2.05, 4.69) is 25.9 Å². The Kier molecular flexibility index (Phi) is 6.45. The van der Waals surface area contributed by atoms with Crippen molar-refractivity contribution in [3.05, 3.63) is 58.0 Å². The van der Waals surface area contributed by atoms with Gasteiger partial charge in [0.05, 0.1) is 24.2 Å². The van der Waals surface area contributed by atoms with Crippen molar-refractivity contribution in [3.63, 3.8) is 0 Å². The lowest BCUT2D eigenvalue weighted by atomic mass is 10.2. The summed E-state index contributed by atoms with van der Waals surface area (Å²) in [4.78, 5) is 44.1. The molecule has 0 unspecified atom stereocenters. The number of nitrogens with zero attached hydrogens (tertiary/aromatic N) is 2. The number of carbonyl (C=O) groups excluding carboxylic acids is 3. The van der Waals surface area contributed by atoms with Crippen molar-refractivity contribution in [2.24, 2.45) is 0 Å². The summed E-state index contributed by atoms with van der Waals surface area (Å²) in [6.07, 6.45) is 0.224. The van der Waals surface area contributed by atoms with Crippen molar-refractivity contribution in [1.82, 2.24) is 15.3 Å². The average Bonchev–Trinajstić information content (AvgIpc) is 3.31. The molecule has 10 heteroatoms. The molecule has 0 aliphatic rings. The molecule has 0 bridgehead atoms. The number of aromatic nitrogens is 2. The highest BCUT2D eigenvalue weighted by Crippen LogP contribution is 2.19. The van der Waals surface area contributed by atoms with Gasteiger partial charge < -0.3 is 10.6 Å². The van der Waals surface area contributed by atoms with Crippen LogP contribution in [0.25, 0.3) is 0 Å². The van der Waals surface area contributed by atoms with Crippen LogP contribution in [-0.4, -0.2) is 34.7 Å². The van der Waals surface area contributed by atoms with E-state index in [1.54, 1.807) is 42.1 Å². The fourth-order valence-electron chi connectivity index (χ4n) is 2.23. The second kappa shape index (κ2) is 9.20. The molecule has 3 rings (SSSR count). The lowest BCUT2D eigenvalue weighted by Gasteiger charge is -2.01. The van der Waals surface area contributed by atoms with E-state index in [1.807, 2.05) is 6.07 Å². The molecule has 2 aromatic heterocycles. The second-order valence-corrected chi connectivity index (χ2v) is 7.40. The second-order valence-electron chi connectivity index (χ2n) is 5.68. The van der Waals surface area contributed by atoms with Crippen molar-refractivity contribution >= 4 is 50.7 Å². The molecule has 3 aromatic rings. The van der Waals surface area contributed by atoms with Crippen molar-refractivity contribution < 1.29 is 14.4 Å². The number of benzene rings is 1. The van der Waals surface area contributed by atoms with Gasteiger partial charge in [-0.15, -0.1) is 22.7 Å². The predicted molar refractivity (Wildman–Crippen MR) is 109 cm³/mol. The first-order valence-corrected chi connectivity index (χ1v) is 10.0. The van der Waals surface area contributed by atoms with Gasteiger partial charge in [0.2, 0.25) is 11.8 Å². The maximum absolute atomic E-state index is 12.2. The SMILES string of the molecule is CNC(=O)Cc1csc(NC(=O)Cc2csc(NC(=O)c3ccccc3)n2)n1. The normalized spacial score (nSPS) is 10.3. The quantitative estimate of drug-likeness (QED) is 0.548. The minimum atomic E-state index is -0.271. The number of rotatable bonds is 7. The molecule has 8 nitrogen and oxygen atoms in total. The lowest BCUT2D eigenvalue weighted by molar-refractivity contribution is -0.120. The van der Waals surface area contributed by atoms with Gasteiger partial charge >= 0.3 is 0 Å². The van der Waals surface area contributed by atoms with Crippen LogP contribution in [-0.2, 0) is 22.4 Å². The third kappa shape index (κ3) is 5.44. The number of amides is 3. The van der Waals surface area contributed by atoms with Crippen LogP contribution in [0.2, 0.25) is 0 Å². The molecule has 3 N–H and O–H groups in total. The summed E-state index contributed by atoms with van der Waals surface area (Å²) in [5.74, 6) is -0.666. The molecule has 0 spiro atoms. The topological polar surface area (TPSA) is 113 Å². The first kappa shape index (κ1) is 19.6. The smallest absolute Gasteiger partial charge is 0.257 e. The number of hydrogen-bond donors (Lipinski definition) is 3. The average molecular weight is 416 g/mol. The molecule has 0 aliphatic carbocycles. The van der Waals surface area contributed by atoms with Crippen molar-refractivity contribution in [3.8, 4) is 0 Å². The van der Waals surface area contributed by atoms with Crippen molar-refractivity contribution in [2.45, 2.75) is 12.8 Å². The molecule has 0 fully saturated rings. The van der Waals surface area contributed by atoms with Crippen LogP contribution < -0.4 is 16.0 Å². The molecule has 0 radical (unpaired) electrons. The standard InChI is InChI=1S/C18H17N5O3S2/c1-19-14(24)7-12-9-27-17(20-12)22-15(25)8-13-10-28-18(21-13)23-16(26)11-5-3-2-4-6-11/h2-6,9-10H,7-8H2,1H3,(H,19,24)(H,20,22,25)(H,21,23,26). The van der Waals surface area contributed by atoms with E-state index < -0.39 is 0 Å². The van der Waals surface area contributed by atoms with Crippen LogP contribution in [0, 0.1) is 0 Å². The summed E-state index contributed by atoms with van der Waals surface area (Å²) in [5.41, 5.74) is 1.68. The van der Waals surface area contributed by atoms with Gasteiger partial charge in [0, 0.05) is 23.4 Å². The van der Waals surface area contributed by atoms with Crippen LogP contribution in [0.5, 0.6) is 0 Å². The Morgan fingerprint density at radius 2 is 1.43 bits per heavy atom. The fourth-order valence-corrected chi connectivity index (χ4v) is 3.66. The van der Waals surface area contributed by atoms with E-state index in [0.29, 0.717) is 27.2 Å². The zero-order valence-corrected chi connectivity index (χ0v) is 16.5. The molecule has 28 heavy (non-hydrogen) atoms. The molecule has 144 valence electrons.